The Hall–Kier alpha value is -3.13. The first kappa shape index (κ1) is 49.2. The van der Waals surface area contributed by atoms with Crippen molar-refractivity contribution in [3.05, 3.63) is 39.9 Å². The Morgan fingerprint density at radius 3 is 2.22 bits per heavy atom. The van der Waals surface area contributed by atoms with Crippen LogP contribution in [0.4, 0.5) is 5.69 Å². The number of cyclic esters (lactones) is 1. The van der Waals surface area contributed by atoms with Gasteiger partial charge >= 0.3 is 5.97 Å². The fourth-order valence-corrected chi connectivity index (χ4v) is 8.13. The Morgan fingerprint density at radius 1 is 1.03 bits per heavy atom. The molecular weight excluding hydrogens is 756 g/mol. The minimum absolute atomic E-state index is 0.00464. The van der Waals surface area contributed by atoms with Gasteiger partial charge in [0.15, 0.2) is 12.1 Å². The standard InChI is InChI=1S/C41H68N4O13/c1-12-32-41(8,52)35(49)27(6)37(50)42-23(2)20-40(7,55-22-30(46)21-44(11)18-17-28-13-15-29(16-14-28)45(53)54)36(25(4)33(47)26(5)38(51)57-32)58-39-34(48)31(43(9)10)19-24(3)56-39/h13-16,23-27,30-32,34-36,39,46,48-49,52H,12,17-22H2,1-11H3,(H,42,50)/t23-,24-,25+,26-,27-,30?,31+,32-,34-,35-,36-,39+,40-,41-/m1/s1. The molecule has 0 aromatic heterocycles. The first-order chi connectivity index (χ1) is 26.9. The maximum atomic E-state index is 14.4. The first-order valence-corrected chi connectivity index (χ1v) is 20.3. The predicted octanol–water partition coefficient (Wildman–Crippen LogP) is 1.84. The fourth-order valence-electron chi connectivity index (χ4n) is 8.13. The number of hydrogen-bond donors (Lipinski definition) is 5. The number of esters is 1. The van der Waals surface area contributed by atoms with E-state index in [1.54, 1.807) is 39.8 Å². The number of ether oxygens (including phenoxy) is 4. The minimum atomic E-state index is -2.05. The molecule has 14 atom stereocenters. The van der Waals surface area contributed by atoms with Gasteiger partial charge in [-0.3, -0.25) is 24.5 Å². The van der Waals surface area contributed by atoms with E-state index in [9.17, 15) is 44.9 Å². The lowest BCUT2D eigenvalue weighted by Gasteiger charge is -2.47. The van der Waals surface area contributed by atoms with E-state index in [1.807, 2.05) is 37.9 Å². The smallest absolute Gasteiger partial charge is 0.316 e. The zero-order valence-corrected chi connectivity index (χ0v) is 36.0. The largest absolute Gasteiger partial charge is 0.459 e. The highest BCUT2D eigenvalue weighted by Crippen LogP contribution is 2.36. The Balaban J connectivity index is 2.01. The number of rotatable bonds is 13. The van der Waals surface area contributed by atoms with Crippen molar-refractivity contribution in [2.75, 3.05) is 40.8 Å². The van der Waals surface area contributed by atoms with Gasteiger partial charge in [-0.05, 0) is 87.0 Å². The summed E-state index contributed by atoms with van der Waals surface area (Å²) in [5.41, 5.74) is -2.68. The first-order valence-electron chi connectivity index (χ1n) is 20.3. The molecule has 2 saturated heterocycles. The van der Waals surface area contributed by atoms with Gasteiger partial charge in [-0.2, -0.15) is 0 Å². The highest BCUT2D eigenvalue weighted by Gasteiger charge is 2.51. The third-order valence-electron chi connectivity index (χ3n) is 11.8. The van der Waals surface area contributed by atoms with Gasteiger partial charge in [0.25, 0.3) is 5.69 Å². The average molecular weight is 825 g/mol. The van der Waals surface area contributed by atoms with Gasteiger partial charge in [0.05, 0.1) is 47.5 Å². The number of nitrogens with zero attached hydrogens (tertiary/aromatic N) is 3. The van der Waals surface area contributed by atoms with Crippen LogP contribution in [0.2, 0.25) is 0 Å². The van der Waals surface area contributed by atoms with Crippen molar-refractivity contribution in [2.24, 2.45) is 17.8 Å². The average Bonchev–Trinajstić information content (AvgIpc) is 3.16. The number of nitrogens with one attached hydrogen (secondary N) is 1. The molecule has 2 fully saturated rings. The Morgan fingerprint density at radius 2 is 1.66 bits per heavy atom. The summed E-state index contributed by atoms with van der Waals surface area (Å²) >= 11 is 0. The lowest BCUT2D eigenvalue weighted by Crippen LogP contribution is -2.60. The molecule has 0 aliphatic carbocycles. The molecule has 2 aliphatic heterocycles. The van der Waals surface area contributed by atoms with Crippen LogP contribution in [-0.2, 0) is 39.8 Å². The molecule has 0 spiro atoms. The molecule has 1 aromatic rings. The van der Waals surface area contributed by atoms with Gasteiger partial charge in [-0.25, -0.2) is 0 Å². The molecule has 58 heavy (non-hydrogen) atoms. The number of Topliss-reactive ketones (excluding diaryl/α,β-unsaturated/α-hetero) is 1. The van der Waals surface area contributed by atoms with E-state index in [2.05, 4.69) is 5.32 Å². The van der Waals surface area contributed by atoms with Crippen LogP contribution in [0.15, 0.2) is 24.3 Å². The molecule has 2 aliphatic rings. The highest BCUT2D eigenvalue weighted by molar-refractivity contribution is 6.00. The zero-order chi connectivity index (χ0) is 43.9. The Labute approximate surface area is 342 Å². The van der Waals surface area contributed by atoms with E-state index in [0.29, 0.717) is 19.4 Å². The summed E-state index contributed by atoms with van der Waals surface area (Å²) in [4.78, 5) is 55.9. The van der Waals surface area contributed by atoms with Crippen LogP contribution < -0.4 is 5.32 Å². The topological polar surface area (TPSA) is 231 Å². The van der Waals surface area contributed by atoms with E-state index in [0.717, 1.165) is 5.56 Å². The van der Waals surface area contributed by atoms with Crippen molar-refractivity contribution in [2.45, 2.75) is 147 Å². The molecule has 5 N–H and O–H groups in total. The molecular formula is C41H68N4O13. The van der Waals surface area contributed by atoms with Gasteiger partial charge in [-0.15, -0.1) is 0 Å². The highest BCUT2D eigenvalue weighted by atomic mass is 16.7. The number of carbonyl (C=O) groups excluding carboxylic acids is 3. The second-order valence-electron chi connectivity index (χ2n) is 17.2. The van der Waals surface area contributed by atoms with E-state index in [4.69, 9.17) is 18.9 Å². The van der Waals surface area contributed by atoms with Gasteiger partial charge in [0.1, 0.15) is 23.7 Å². The summed E-state index contributed by atoms with van der Waals surface area (Å²) in [6, 6.07) is 5.19. The summed E-state index contributed by atoms with van der Waals surface area (Å²) in [6.07, 6.45) is -6.81. The van der Waals surface area contributed by atoms with E-state index in [1.165, 1.54) is 32.9 Å². The summed E-state index contributed by atoms with van der Waals surface area (Å²) in [5.74, 6) is -5.77. The van der Waals surface area contributed by atoms with Gasteiger partial charge < -0.3 is 54.5 Å². The molecule has 0 bridgehead atoms. The van der Waals surface area contributed by atoms with Crippen LogP contribution >= 0.6 is 0 Å². The van der Waals surface area contributed by atoms with Gasteiger partial charge in [-0.1, -0.05) is 32.9 Å². The number of aliphatic hydroxyl groups excluding tert-OH is 3. The Bertz CT molecular complexity index is 1530. The zero-order valence-electron chi connectivity index (χ0n) is 36.0. The molecule has 17 nitrogen and oxygen atoms in total. The van der Waals surface area contributed by atoms with Crippen LogP contribution in [0.5, 0.6) is 0 Å². The van der Waals surface area contributed by atoms with Crippen molar-refractivity contribution < 1.29 is 58.7 Å². The predicted molar refractivity (Wildman–Crippen MR) is 213 cm³/mol. The quantitative estimate of drug-likeness (QED) is 0.0827. The third-order valence-corrected chi connectivity index (χ3v) is 11.8. The number of likely N-dealkylation sites (N-methyl/N-ethyl adjacent to an activating group) is 2. The number of non-ortho nitro benzene ring substituents is 1. The fraction of sp³-hybridized carbons (Fsp3) is 0.780. The molecule has 330 valence electrons. The summed E-state index contributed by atoms with van der Waals surface area (Å²) in [6.45, 7) is 13.0. The molecule has 0 saturated carbocycles. The van der Waals surface area contributed by atoms with Crippen LogP contribution in [0, 0.1) is 27.9 Å². The normalized spacial score (nSPS) is 36.5. The number of benzene rings is 1. The number of ketones is 1. The number of aliphatic hydroxyl groups is 4. The molecule has 17 heteroatoms. The number of carbonyl (C=O) groups is 3. The van der Waals surface area contributed by atoms with Crippen molar-refractivity contribution >= 4 is 23.3 Å². The van der Waals surface area contributed by atoms with Crippen LogP contribution in [0.25, 0.3) is 0 Å². The number of nitro groups is 1. The summed E-state index contributed by atoms with van der Waals surface area (Å²) in [7, 11) is 5.46. The summed E-state index contributed by atoms with van der Waals surface area (Å²) < 4.78 is 25.1. The van der Waals surface area contributed by atoms with Crippen LogP contribution in [0.1, 0.15) is 80.2 Å². The van der Waals surface area contributed by atoms with Crippen LogP contribution in [-0.4, -0.2) is 160 Å². The molecule has 1 unspecified atom stereocenters. The second kappa shape index (κ2) is 20.9. The number of amides is 1. The van der Waals surface area contributed by atoms with Crippen molar-refractivity contribution in [3.8, 4) is 0 Å². The third kappa shape index (κ3) is 12.5. The minimum Gasteiger partial charge on any atom is -0.459 e. The Kier molecular flexibility index (Phi) is 17.7. The maximum absolute atomic E-state index is 14.4. The van der Waals surface area contributed by atoms with Crippen molar-refractivity contribution in [1.82, 2.24) is 15.1 Å². The maximum Gasteiger partial charge on any atom is 0.316 e. The molecule has 1 amide bonds. The monoisotopic (exact) mass is 824 g/mol. The van der Waals surface area contributed by atoms with Crippen molar-refractivity contribution in [1.29, 1.82) is 0 Å². The number of hydrogen-bond acceptors (Lipinski definition) is 15. The molecule has 0 radical (unpaired) electrons. The van der Waals surface area contributed by atoms with Gasteiger partial charge in [0, 0.05) is 43.2 Å². The van der Waals surface area contributed by atoms with E-state index in [-0.39, 0.29) is 43.8 Å². The van der Waals surface area contributed by atoms with E-state index < -0.39 is 94.4 Å². The lowest BCUT2D eigenvalue weighted by molar-refractivity contribution is -0.384. The lowest BCUT2D eigenvalue weighted by atomic mass is 9.79. The summed E-state index contributed by atoms with van der Waals surface area (Å²) in [5, 5.41) is 59.5. The SMILES string of the molecule is CC[C@H]1OC(=O)[C@H](C)C(=O)[C@H](C)[C@@H](O[C@@H]2O[C@H](C)C[C@H](N(C)C)[C@H]2O)[C@](C)(OCC(O)CN(C)CCc2ccc([N+](=O)[O-])cc2)C[C@@H](C)NC(=O)[C@H](C)[C@@H](O)[C@]1(C)O. The molecule has 3 rings (SSSR count). The van der Waals surface area contributed by atoms with Crippen LogP contribution in [0.3, 0.4) is 0 Å². The van der Waals surface area contributed by atoms with E-state index >= 15 is 0 Å². The number of nitro benzene ring substituents is 1. The van der Waals surface area contributed by atoms with Crippen molar-refractivity contribution in [3.63, 3.8) is 0 Å². The second-order valence-corrected chi connectivity index (χ2v) is 17.2. The molecule has 1 aromatic carbocycles. The molecule has 2 heterocycles. The van der Waals surface area contributed by atoms with Gasteiger partial charge in [0.2, 0.25) is 5.91 Å².